The van der Waals surface area contributed by atoms with Gasteiger partial charge in [0.2, 0.25) is 5.91 Å². The minimum absolute atomic E-state index is 0.00634. The van der Waals surface area contributed by atoms with E-state index in [1.165, 1.54) is 53.6 Å². The first-order valence-electron chi connectivity index (χ1n) is 29.6. The van der Waals surface area contributed by atoms with Crippen LogP contribution in [0, 0.1) is 10.1 Å². The summed E-state index contributed by atoms with van der Waals surface area (Å²) in [6, 6.07) is 55.1. The number of nitro groups is 1. The Balaban J connectivity index is 0.000000206. The largest absolute Gasteiger partial charge is 0.481 e. The number of benzene rings is 7. The fourth-order valence-corrected chi connectivity index (χ4v) is 9.78. The molecule has 0 saturated heterocycles. The summed E-state index contributed by atoms with van der Waals surface area (Å²) in [4.78, 5) is 101. The first-order chi connectivity index (χ1) is 42.3. The molecule has 0 unspecified atom stereocenters. The summed E-state index contributed by atoms with van der Waals surface area (Å²) in [6.07, 6.45) is 11.1. The minimum Gasteiger partial charge on any atom is -0.481 e. The quantitative estimate of drug-likeness (QED) is 0.0105. The molecular formula is C71H78N4O13. The number of rotatable bonds is 22. The summed E-state index contributed by atoms with van der Waals surface area (Å²) in [6.45, 7) is 3.17. The average molecular weight is 1200 g/mol. The number of ketones is 4. The van der Waals surface area contributed by atoms with Crippen LogP contribution in [0.5, 0.6) is 0 Å². The Hall–Kier alpha value is -9.90. The average Bonchev–Trinajstić information content (AvgIpc) is 4.04. The number of nitrogens with one attached hydrogen (secondary N) is 1. The van der Waals surface area contributed by atoms with Crippen molar-refractivity contribution in [2.24, 2.45) is 0 Å². The number of hydrogen-bond donors (Lipinski definition) is 5. The van der Waals surface area contributed by atoms with Crippen LogP contribution < -0.4 is 16.0 Å². The zero-order valence-corrected chi connectivity index (χ0v) is 49.8. The number of carbonyl (C=O) groups is 8. The lowest BCUT2D eigenvalue weighted by molar-refractivity contribution is -0.384. The van der Waals surface area contributed by atoms with Crippen LogP contribution in [0.1, 0.15) is 172 Å². The van der Waals surface area contributed by atoms with Crippen LogP contribution in [-0.4, -0.2) is 67.2 Å². The molecule has 0 heterocycles. The summed E-state index contributed by atoms with van der Waals surface area (Å²) in [5.41, 5.74) is 17.0. The molecule has 2 aliphatic rings. The SMILES string of the molecule is CC(=O)Nc1cccc(CCCCC(=O)O)c1.Nc1ccc2c(c1)CCCCC2=O.O=C(O)CCCC(=O)c1cccc([N+](=O)[O-])c1.O=C(O)CCCC(=O)c1ccccc1.O=C1CCCCc2cc(N(Cc3ccccc3)Cc3ccccc3)ccc21. The molecule has 0 aliphatic heterocycles. The van der Waals surface area contributed by atoms with E-state index < -0.39 is 22.8 Å². The lowest BCUT2D eigenvalue weighted by atomic mass is 10.0. The zero-order chi connectivity index (χ0) is 63.6. The van der Waals surface area contributed by atoms with Gasteiger partial charge in [0, 0.05) is 116 Å². The number of aryl methyl sites for hydroxylation is 3. The second-order valence-corrected chi connectivity index (χ2v) is 21.3. The van der Waals surface area contributed by atoms with Gasteiger partial charge in [0.1, 0.15) is 0 Å². The first kappa shape index (κ1) is 68.9. The normalized spacial score (nSPS) is 12.0. The van der Waals surface area contributed by atoms with Crippen LogP contribution in [0.25, 0.3) is 0 Å². The van der Waals surface area contributed by atoms with Gasteiger partial charge >= 0.3 is 17.9 Å². The van der Waals surface area contributed by atoms with Crippen molar-refractivity contribution in [3.63, 3.8) is 0 Å². The number of unbranched alkanes of at least 4 members (excludes halogenated alkanes) is 1. The highest BCUT2D eigenvalue weighted by molar-refractivity contribution is 5.99. The standard InChI is InChI=1S/C25H25NO.C13H17NO3.C11H11NO5.C11H13NO.C11H12O3/c27-25-14-8-7-13-22-17-23(15-16-24(22)25)26(18-20-9-3-1-4-10-20)19-21-11-5-2-6-12-21;1-10(15)14-12-7-4-6-11(9-12)5-2-3-8-13(16)17;13-10(5-2-6-11(14)15)8-3-1-4-9(7-8)12(16)17;12-9-5-6-10-8(7-9)3-1-2-4-11(10)13;12-10(7-4-8-11(13)14)9-5-2-1-3-6-9/h1-6,9-12,15-17H,7-8,13-14,18-19H2;4,6-7,9H,2-3,5,8H2,1H3,(H,14,15)(H,16,17);1,3-4,7H,2,5-6H2,(H,14,15);5-7H,1-4,12H2;1-3,5-6H,4,7-8H2,(H,13,14). The molecule has 0 radical (unpaired) electrons. The number of carbonyl (C=O) groups excluding carboxylic acids is 5. The van der Waals surface area contributed by atoms with Crippen LogP contribution in [0.2, 0.25) is 0 Å². The van der Waals surface area contributed by atoms with Gasteiger partial charge in [-0.2, -0.15) is 0 Å². The van der Waals surface area contributed by atoms with Crippen LogP contribution in [-0.2, 0) is 51.5 Å². The number of nitrogens with zero attached hydrogens (tertiary/aromatic N) is 2. The molecule has 6 N–H and O–H groups in total. The second-order valence-electron chi connectivity index (χ2n) is 21.3. The number of amides is 1. The van der Waals surface area contributed by atoms with E-state index in [1.54, 1.807) is 24.3 Å². The topological polar surface area (TPSA) is 282 Å². The van der Waals surface area contributed by atoms with Crippen molar-refractivity contribution in [3.05, 3.63) is 236 Å². The maximum Gasteiger partial charge on any atom is 0.303 e. The molecule has 1 amide bonds. The number of Topliss-reactive ketones (excluding diaryl/α,β-unsaturated/α-hetero) is 4. The Bertz CT molecular complexity index is 3400. The number of aliphatic carboxylic acids is 3. The van der Waals surface area contributed by atoms with E-state index in [2.05, 4.69) is 83.0 Å². The van der Waals surface area contributed by atoms with E-state index in [4.69, 9.17) is 21.1 Å². The fraction of sp³-hybridized carbons (Fsp3) is 0.296. The lowest BCUT2D eigenvalue weighted by Crippen LogP contribution is -2.22. The predicted molar refractivity (Wildman–Crippen MR) is 341 cm³/mol. The monoisotopic (exact) mass is 1190 g/mol. The van der Waals surface area contributed by atoms with Gasteiger partial charge in [-0.1, -0.05) is 115 Å². The maximum atomic E-state index is 12.4. The molecule has 88 heavy (non-hydrogen) atoms. The highest BCUT2D eigenvalue weighted by atomic mass is 16.6. The summed E-state index contributed by atoms with van der Waals surface area (Å²) in [5, 5.41) is 38.5. The van der Waals surface area contributed by atoms with Crippen LogP contribution in [0.4, 0.5) is 22.7 Å². The van der Waals surface area contributed by atoms with Crippen LogP contribution in [0.3, 0.4) is 0 Å². The number of carboxylic acids is 3. The Kier molecular flexibility index (Phi) is 29.4. The van der Waals surface area contributed by atoms with Gasteiger partial charge in [-0.05, 0) is 147 Å². The smallest absolute Gasteiger partial charge is 0.303 e. The fourth-order valence-electron chi connectivity index (χ4n) is 9.78. The zero-order valence-electron chi connectivity index (χ0n) is 49.8. The molecule has 7 aromatic carbocycles. The van der Waals surface area contributed by atoms with E-state index in [0.717, 1.165) is 98.1 Å². The highest BCUT2D eigenvalue weighted by Gasteiger charge is 2.19. The van der Waals surface area contributed by atoms with Gasteiger partial charge in [-0.25, -0.2) is 0 Å². The Morgan fingerprint density at radius 1 is 0.500 bits per heavy atom. The molecule has 460 valence electrons. The Labute approximate surface area is 513 Å². The summed E-state index contributed by atoms with van der Waals surface area (Å²) in [5.74, 6) is -2.37. The number of nitrogen functional groups attached to an aromatic ring is 1. The van der Waals surface area contributed by atoms with Crippen molar-refractivity contribution >= 4 is 69.7 Å². The van der Waals surface area contributed by atoms with Crippen molar-refractivity contribution in [1.29, 1.82) is 0 Å². The van der Waals surface area contributed by atoms with E-state index in [-0.39, 0.29) is 66.6 Å². The van der Waals surface area contributed by atoms with E-state index in [0.29, 0.717) is 43.5 Å². The molecule has 17 heteroatoms. The molecule has 0 bridgehead atoms. The van der Waals surface area contributed by atoms with Crippen LogP contribution >= 0.6 is 0 Å². The minimum atomic E-state index is -0.961. The molecule has 9 rings (SSSR count). The maximum absolute atomic E-state index is 12.4. The van der Waals surface area contributed by atoms with E-state index in [1.807, 2.05) is 54.6 Å². The molecule has 0 spiro atoms. The van der Waals surface area contributed by atoms with Crippen molar-refractivity contribution < 1.29 is 58.6 Å². The molecule has 17 nitrogen and oxygen atoms in total. The number of fused-ring (bicyclic) bond motifs is 2. The molecule has 2 aliphatic carbocycles. The van der Waals surface area contributed by atoms with Crippen LogP contribution in [0.15, 0.2) is 176 Å². The third-order valence-electron chi connectivity index (χ3n) is 14.2. The molecular weight excluding hydrogens is 1120 g/mol. The van der Waals surface area contributed by atoms with Crippen molar-refractivity contribution in [3.8, 4) is 0 Å². The third-order valence-corrected chi connectivity index (χ3v) is 14.2. The first-order valence-corrected chi connectivity index (χ1v) is 29.6. The Morgan fingerprint density at radius 2 is 0.966 bits per heavy atom. The van der Waals surface area contributed by atoms with Gasteiger partial charge in [0.15, 0.2) is 23.1 Å². The molecule has 0 aromatic heterocycles. The second kappa shape index (κ2) is 37.5. The number of nitrogens with two attached hydrogens (primary N) is 1. The summed E-state index contributed by atoms with van der Waals surface area (Å²) >= 11 is 0. The number of carboxylic acid groups (broad SMARTS) is 3. The molecule has 0 saturated carbocycles. The number of nitro benzene ring substituents is 1. The summed E-state index contributed by atoms with van der Waals surface area (Å²) in [7, 11) is 0. The summed E-state index contributed by atoms with van der Waals surface area (Å²) < 4.78 is 0. The van der Waals surface area contributed by atoms with Gasteiger partial charge in [0.25, 0.3) is 5.69 Å². The van der Waals surface area contributed by atoms with Gasteiger partial charge in [-0.15, -0.1) is 0 Å². The van der Waals surface area contributed by atoms with Crippen molar-refractivity contribution in [1.82, 2.24) is 0 Å². The van der Waals surface area contributed by atoms with E-state index >= 15 is 0 Å². The third kappa shape index (κ3) is 25.8. The lowest BCUT2D eigenvalue weighted by Gasteiger charge is -2.26. The number of non-ortho nitro benzene ring substituents is 1. The molecule has 0 atom stereocenters. The number of anilines is 3. The van der Waals surface area contributed by atoms with Crippen molar-refractivity contribution in [2.75, 3.05) is 16.0 Å². The van der Waals surface area contributed by atoms with Crippen molar-refractivity contribution in [2.45, 2.75) is 136 Å². The van der Waals surface area contributed by atoms with Gasteiger partial charge in [-0.3, -0.25) is 48.5 Å². The van der Waals surface area contributed by atoms with Gasteiger partial charge in [0.05, 0.1) is 4.92 Å². The molecule has 7 aromatic rings. The van der Waals surface area contributed by atoms with E-state index in [9.17, 15) is 48.5 Å². The predicted octanol–water partition coefficient (Wildman–Crippen LogP) is 14.6. The van der Waals surface area contributed by atoms with Gasteiger partial charge < -0.3 is 31.3 Å². The number of hydrogen-bond acceptors (Lipinski definition) is 12. The Morgan fingerprint density at radius 3 is 1.50 bits per heavy atom. The molecule has 0 fully saturated rings. The highest BCUT2D eigenvalue weighted by Crippen LogP contribution is 2.29.